The maximum atomic E-state index is 12.0. The lowest BCUT2D eigenvalue weighted by Crippen LogP contribution is -2.20. The molecule has 0 saturated carbocycles. The molecule has 0 fully saturated rings. The average molecular weight is 662 g/mol. The van der Waals surface area contributed by atoms with Crippen molar-refractivity contribution in [1.82, 2.24) is 0 Å². The molecule has 22 heavy (non-hydrogen) atoms. The largest absolute Gasteiger partial charge is 0.861 e. The minimum absolute atomic E-state index is 0.0297. The van der Waals surface area contributed by atoms with Crippen molar-refractivity contribution in [3.05, 3.63) is 28.4 Å². The van der Waals surface area contributed by atoms with Crippen molar-refractivity contribution in [2.75, 3.05) is 12.9 Å². The summed E-state index contributed by atoms with van der Waals surface area (Å²) in [6.07, 6.45) is 0.994. The van der Waals surface area contributed by atoms with Crippen LogP contribution in [0.5, 0.6) is 0 Å². The number of hydrogen-bond acceptors (Lipinski definition) is 5. The fourth-order valence-corrected chi connectivity index (χ4v) is 4.24. The third-order valence-corrected chi connectivity index (χ3v) is 6.45. The van der Waals surface area contributed by atoms with E-state index in [1.165, 1.54) is 0 Å². The van der Waals surface area contributed by atoms with Crippen LogP contribution in [0.1, 0.15) is 23.2 Å². The fraction of sp³-hybridized carbons (Fsp3) is 0.333. The van der Waals surface area contributed by atoms with Crippen molar-refractivity contribution in [1.29, 1.82) is 0 Å². The van der Waals surface area contributed by atoms with Gasteiger partial charge in [-0.2, -0.15) is 4.40 Å². The smallest absolute Gasteiger partial charge is 0.339 e. The molecule has 0 heterocycles. The van der Waals surface area contributed by atoms with Gasteiger partial charge in [0.15, 0.2) is 0 Å². The second-order valence-electron chi connectivity index (χ2n) is 4.21. The van der Waals surface area contributed by atoms with E-state index in [1.54, 1.807) is 6.07 Å². The third kappa shape index (κ3) is 7.25. The van der Waals surface area contributed by atoms with Crippen LogP contribution >= 0.6 is 67.8 Å². The molecule has 0 bridgehead atoms. The Kier molecular flexibility index (Phi) is 8.29. The van der Waals surface area contributed by atoms with Crippen LogP contribution in [0.2, 0.25) is 0 Å². The first-order valence-electron chi connectivity index (χ1n) is 5.87. The van der Waals surface area contributed by atoms with E-state index in [9.17, 15) is 18.3 Å². The maximum absolute atomic E-state index is 12.0. The number of esters is 1. The summed E-state index contributed by atoms with van der Waals surface area (Å²) in [6, 6.07) is 3.68. The van der Waals surface area contributed by atoms with Crippen LogP contribution in [-0.2, 0) is 14.8 Å². The third-order valence-electron chi connectivity index (χ3n) is 2.25. The second kappa shape index (κ2) is 8.96. The molecule has 6 nitrogen and oxygen atoms in total. The van der Waals surface area contributed by atoms with Crippen LogP contribution in [0.4, 0.5) is 0 Å². The quantitative estimate of drug-likeness (QED) is 0.116. The summed E-state index contributed by atoms with van der Waals surface area (Å²) in [7, 11) is -3.67. The first-order valence-corrected chi connectivity index (χ1v) is 11.0. The number of benzene rings is 1. The van der Waals surface area contributed by atoms with Gasteiger partial charge in [0, 0.05) is 10.7 Å². The Morgan fingerprint density at radius 3 is 2.55 bits per heavy atom. The van der Waals surface area contributed by atoms with Crippen LogP contribution in [0, 0.1) is 10.7 Å². The predicted molar refractivity (Wildman–Crippen MR) is 106 cm³/mol. The molecule has 1 aromatic rings. The lowest BCUT2D eigenvalue weighted by molar-refractivity contribution is -0.218. The molecule has 0 atom stereocenters. The maximum Gasteiger partial charge on any atom is 0.339 e. The number of nitrogens with zero attached hydrogens (tertiary/aromatic N) is 1. The highest BCUT2D eigenvalue weighted by Crippen LogP contribution is 2.23. The number of ether oxygens (including phenoxy) is 1. The summed E-state index contributed by atoms with van der Waals surface area (Å²) in [4.78, 5) is 12.0. The van der Waals surface area contributed by atoms with Crippen LogP contribution in [0.25, 0.3) is 0 Å². The zero-order valence-electron chi connectivity index (χ0n) is 11.3. The van der Waals surface area contributed by atoms with Crippen LogP contribution in [-0.4, -0.2) is 33.1 Å². The highest BCUT2D eigenvalue weighted by Gasteiger charge is 2.14. The zero-order valence-corrected chi connectivity index (χ0v) is 18.6. The number of hydrogen-bond donors (Lipinski definition) is 0. The van der Waals surface area contributed by atoms with E-state index < -0.39 is 21.9 Å². The van der Waals surface area contributed by atoms with Gasteiger partial charge in [-0.25, -0.2) is 13.2 Å². The summed E-state index contributed by atoms with van der Waals surface area (Å²) in [5, 5.41) is 11.2. The van der Waals surface area contributed by atoms with Crippen molar-refractivity contribution < 1.29 is 23.1 Å². The molecular weight excluding hydrogens is 651 g/mol. The van der Waals surface area contributed by atoms with Crippen molar-refractivity contribution in [2.45, 2.75) is 12.8 Å². The molecule has 0 aliphatic heterocycles. The Hall–Kier alpha value is 0.300. The summed E-state index contributed by atoms with van der Waals surface area (Å²) in [5.74, 6) is -1.20. The van der Waals surface area contributed by atoms with Crippen molar-refractivity contribution in [2.24, 2.45) is 4.40 Å². The number of halogens is 3. The first kappa shape index (κ1) is 20.3. The molecule has 0 N–H and O–H groups in total. The topological polar surface area (TPSA) is 95.9 Å². The Balaban J connectivity index is 2.57. The first-order chi connectivity index (χ1) is 10.1. The monoisotopic (exact) mass is 662 g/mol. The van der Waals surface area contributed by atoms with E-state index in [1.807, 2.05) is 6.07 Å². The van der Waals surface area contributed by atoms with Gasteiger partial charge >= 0.3 is 5.97 Å². The van der Waals surface area contributed by atoms with Gasteiger partial charge in [-0.05, 0) is 98.6 Å². The number of carbonyl (C=O) groups excluding carboxylic acids is 1. The van der Waals surface area contributed by atoms with Gasteiger partial charge in [-0.3, -0.25) is 0 Å². The van der Waals surface area contributed by atoms with Gasteiger partial charge in [0.05, 0.1) is 18.4 Å². The summed E-state index contributed by atoms with van der Waals surface area (Å²) >= 11 is 6.33. The van der Waals surface area contributed by atoms with E-state index >= 15 is 0 Å². The van der Waals surface area contributed by atoms with E-state index in [0.717, 1.165) is 17.0 Å². The Morgan fingerprint density at radius 1 is 1.32 bits per heavy atom. The Bertz CT molecular complexity index is 703. The molecule has 1 rings (SSSR count). The zero-order chi connectivity index (χ0) is 16.9. The molecule has 0 spiro atoms. The molecular formula is C12H11I3NO5S-. The summed E-state index contributed by atoms with van der Waals surface area (Å²) < 4.78 is 32.4. The molecule has 1 aromatic carbocycles. The molecule has 10 heteroatoms. The SMILES string of the molecule is CS(=O)(=O)/N=C(/[O-])CCCOC(=O)c1cc(I)cc(I)c1I. The van der Waals surface area contributed by atoms with Crippen molar-refractivity contribution in [3.63, 3.8) is 0 Å². The molecule has 0 aliphatic carbocycles. The highest BCUT2D eigenvalue weighted by atomic mass is 127. The molecule has 0 unspecified atom stereocenters. The summed E-state index contributed by atoms with van der Waals surface area (Å²) in [5.41, 5.74) is 0.476. The Morgan fingerprint density at radius 2 is 1.95 bits per heavy atom. The van der Waals surface area contributed by atoms with Gasteiger partial charge in [-0.15, -0.1) is 0 Å². The van der Waals surface area contributed by atoms with Gasteiger partial charge in [0.25, 0.3) is 0 Å². The van der Waals surface area contributed by atoms with E-state index in [0.29, 0.717) is 5.56 Å². The van der Waals surface area contributed by atoms with Crippen LogP contribution < -0.4 is 5.11 Å². The van der Waals surface area contributed by atoms with Crippen molar-refractivity contribution >= 4 is 89.7 Å². The second-order valence-corrected chi connectivity index (χ2v) is 9.34. The molecule has 0 radical (unpaired) electrons. The predicted octanol–water partition coefficient (Wildman–Crippen LogP) is 2.16. The van der Waals surface area contributed by atoms with E-state index in [2.05, 4.69) is 72.2 Å². The molecule has 122 valence electrons. The minimum atomic E-state index is -3.67. The van der Waals surface area contributed by atoms with Gasteiger partial charge in [-0.1, -0.05) is 0 Å². The van der Waals surface area contributed by atoms with E-state index in [4.69, 9.17) is 4.74 Å². The van der Waals surface area contributed by atoms with Gasteiger partial charge < -0.3 is 9.84 Å². The average Bonchev–Trinajstić information content (AvgIpc) is 2.36. The molecule has 0 aliphatic rings. The van der Waals surface area contributed by atoms with E-state index in [-0.39, 0.29) is 19.4 Å². The minimum Gasteiger partial charge on any atom is -0.861 e. The number of sulfonamides is 1. The number of carbonyl (C=O) groups is 1. The molecule has 0 saturated heterocycles. The Labute approximate surface area is 169 Å². The number of rotatable bonds is 6. The van der Waals surface area contributed by atoms with Crippen molar-refractivity contribution in [3.8, 4) is 0 Å². The van der Waals surface area contributed by atoms with Gasteiger partial charge in [0.2, 0.25) is 10.0 Å². The highest BCUT2D eigenvalue weighted by molar-refractivity contribution is 14.1. The van der Waals surface area contributed by atoms with Crippen LogP contribution in [0.15, 0.2) is 16.5 Å². The standard InChI is InChI=1S/C12H12I3NO5S/c1-22(19,20)16-10(17)3-2-4-21-12(18)8-5-7(13)6-9(14)11(8)15/h5-6H,2-4H2,1H3,(H,16,17)/p-1. The van der Waals surface area contributed by atoms with Gasteiger partial charge in [0.1, 0.15) is 0 Å². The molecule has 0 amide bonds. The summed E-state index contributed by atoms with van der Waals surface area (Å²) in [6.45, 7) is 0.0297. The fourth-order valence-electron chi connectivity index (χ4n) is 1.40. The normalized spacial score (nSPS) is 12.3. The lowest BCUT2D eigenvalue weighted by atomic mass is 10.2. The lowest BCUT2D eigenvalue weighted by Gasteiger charge is -2.11. The molecule has 0 aromatic heterocycles. The van der Waals surface area contributed by atoms with Crippen LogP contribution in [0.3, 0.4) is 0 Å².